The van der Waals surface area contributed by atoms with Gasteiger partial charge in [-0.1, -0.05) is 73.3 Å². The van der Waals surface area contributed by atoms with Crippen LogP contribution in [0.25, 0.3) is 21.5 Å². The summed E-state index contributed by atoms with van der Waals surface area (Å²) in [6.07, 6.45) is 1.01. The molecule has 0 saturated heterocycles. The predicted octanol–water partition coefficient (Wildman–Crippen LogP) is 6.47. The summed E-state index contributed by atoms with van der Waals surface area (Å²) in [6.45, 7) is 4.02. The lowest BCUT2D eigenvalue weighted by atomic mass is 9.93. The SMILES string of the molecule is C=CCOc1ccc(C(=O)NN2C(=O)c3ccccc3N[C@H]2c2c3ccccc3cc3ccccc23)cc1. The summed E-state index contributed by atoms with van der Waals surface area (Å²) in [5, 5.41) is 9.03. The molecule has 0 unspecified atom stereocenters. The fraction of sp³-hybridized carbons (Fsp3) is 0.0625. The molecule has 38 heavy (non-hydrogen) atoms. The molecule has 0 radical (unpaired) electrons. The van der Waals surface area contributed by atoms with E-state index in [-0.39, 0.29) is 5.91 Å². The van der Waals surface area contributed by atoms with Crippen molar-refractivity contribution < 1.29 is 14.3 Å². The second kappa shape index (κ2) is 9.75. The summed E-state index contributed by atoms with van der Waals surface area (Å²) in [5.74, 6) is -0.0591. The van der Waals surface area contributed by atoms with Gasteiger partial charge >= 0.3 is 0 Å². The molecule has 0 bridgehead atoms. The Morgan fingerprint density at radius 2 is 1.53 bits per heavy atom. The van der Waals surface area contributed by atoms with Gasteiger partial charge in [-0.05, 0) is 64.0 Å². The Hall–Kier alpha value is -5.10. The highest BCUT2D eigenvalue weighted by Gasteiger charge is 2.36. The number of amides is 2. The average Bonchev–Trinajstić information content (AvgIpc) is 2.96. The van der Waals surface area contributed by atoms with Gasteiger partial charge in [0.05, 0.1) is 5.56 Å². The van der Waals surface area contributed by atoms with Gasteiger partial charge in [0.1, 0.15) is 18.5 Å². The number of ether oxygens (including phenoxy) is 1. The highest BCUT2D eigenvalue weighted by atomic mass is 16.5. The van der Waals surface area contributed by atoms with Gasteiger partial charge in [-0.3, -0.25) is 15.0 Å². The number of hydrogen-bond donors (Lipinski definition) is 2. The summed E-state index contributed by atoms with van der Waals surface area (Å²) in [6, 6.07) is 32.5. The average molecular weight is 500 g/mol. The molecule has 1 aliphatic rings. The predicted molar refractivity (Wildman–Crippen MR) is 150 cm³/mol. The van der Waals surface area contributed by atoms with Gasteiger partial charge in [0, 0.05) is 16.8 Å². The number of carbonyl (C=O) groups is 2. The molecule has 0 aromatic heterocycles. The van der Waals surface area contributed by atoms with Crippen molar-refractivity contribution >= 4 is 39.0 Å². The molecule has 1 aliphatic heterocycles. The molecule has 186 valence electrons. The maximum atomic E-state index is 13.9. The first-order chi connectivity index (χ1) is 18.6. The van der Waals surface area contributed by atoms with Gasteiger partial charge < -0.3 is 10.1 Å². The Balaban J connectivity index is 1.46. The smallest absolute Gasteiger partial charge is 0.276 e. The van der Waals surface area contributed by atoms with Gasteiger partial charge in [-0.25, -0.2) is 5.01 Å². The third kappa shape index (κ3) is 4.12. The molecule has 1 heterocycles. The van der Waals surface area contributed by atoms with Crippen molar-refractivity contribution in [1.29, 1.82) is 0 Å². The molecule has 0 spiro atoms. The van der Waals surface area contributed by atoms with Gasteiger partial charge in [0.2, 0.25) is 0 Å². The molecular formula is C32H25N3O3. The molecule has 1 atom stereocenters. The first kappa shape index (κ1) is 23.3. The van der Waals surface area contributed by atoms with E-state index >= 15 is 0 Å². The van der Waals surface area contributed by atoms with Crippen molar-refractivity contribution in [3.8, 4) is 5.75 Å². The number of carbonyl (C=O) groups excluding carboxylic acids is 2. The molecule has 5 aromatic carbocycles. The van der Waals surface area contributed by atoms with Gasteiger partial charge in [0.25, 0.3) is 11.8 Å². The van der Waals surface area contributed by atoms with Crippen LogP contribution in [0, 0.1) is 0 Å². The number of rotatable bonds is 6. The minimum absolute atomic E-state index is 0.291. The highest BCUT2D eigenvalue weighted by molar-refractivity contribution is 6.07. The quantitative estimate of drug-likeness (QED) is 0.208. The normalized spacial score (nSPS) is 14.6. The van der Waals surface area contributed by atoms with Crippen molar-refractivity contribution in [3.05, 3.63) is 132 Å². The first-order valence-electron chi connectivity index (χ1n) is 12.4. The van der Waals surface area contributed by atoms with Crippen molar-refractivity contribution in [3.63, 3.8) is 0 Å². The van der Waals surface area contributed by atoms with E-state index in [9.17, 15) is 9.59 Å². The summed E-state index contributed by atoms with van der Waals surface area (Å²) in [7, 11) is 0. The molecule has 6 nitrogen and oxygen atoms in total. The fourth-order valence-electron chi connectivity index (χ4n) is 4.95. The van der Waals surface area contributed by atoms with E-state index in [1.54, 1.807) is 36.4 Å². The highest BCUT2D eigenvalue weighted by Crippen LogP contribution is 2.39. The molecule has 6 heteroatoms. The van der Waals surface area contributed by atoms with Crippen LogP contribution in [-0.2, 0) is 0 Å². The topological polar surface area (TPSA) is 70.7 Å². The molecule has 5 aromatic rings. The molecule has 6 rings (SSSR count). The first-order valence-corrected chi connectivity index (χ1v) is 12.4. The van der Waals surface area contributed by atoms with Crippen LogP contribution >= 0.6 is 0 Å². The van der Waals surface area contributed by atoms with Crippen LogP contribution in [0.2, 0.25) is 0 Å². The summed E-state index contributed by atoms with van der Waals surface area (Å²) < 4.78 is 5.53. The fourth-order valence-corrected chi connectivity index (χ4v) is 4.95. The van der Waals surface area contributed by atoms with Crippen LogP contribution in [0.4, 0.5) is 5.69 Å². The molecule has 0 fully saturated rings. The lowest BCUT2D eigenvalue weighted by Crippen LogP contribution is -2.53. The zero-order valence-electron chi connectivity index (χ0n) is 20.6. The zero-order valence-corrected chi connectivity index (χ0v) is 20.6. The zero-order chi connectivity index (χ0) is 26.1. The van der Waals surface area contributed by atoms with Crippen LogP contribution in [0.1, 0.15) is 32.4 Å². The van der Waals surface area contributed by atoms with E-state index in [4.69, 9.17) is 4.74 Å². The number of benzene rings is 5. The maximum Gasteiger partial charge on any atom is 0.276 e. The lowest BCUT2D eigenvalue weighted by molar-refractivity contribution is 0.0493. The summed E-state index contributed by atoms with van der Waals surface area (Å²) >= 11 is 0. The lowest BCUT2D eigenvalue weighted by Gasteiger charge is -2.38. The van der Waals surface area contributed by atoms with Crippen LogP contribution in [-0.4, -0.2) is 23.4 Å². The molecule has 0 aliphatic carbocycles. The van der Waals surface area contributed by atoms with Crippen LogP contribution in [0.3, 0.4) is 0 Å². The number of anilines is 1. The van der Waals surface area contributed by atoms with Crippen LogP contribution in [0.15, 0.2) is 116 Å². The Bertz CT molecular complexity index is 1640. The number of hydrogen-bond acceptors (Lipinski definition) is 4. The second-order valence-corrected chi connectivity index (χ2v) is 9.07. The van der Waals surface area contributed by atoms with Crippen LogP contribution in [0.5, 0.6) is 5.75 Å². The van der Waals surface area contributed by atoms with E-state index < -0.39 is 12.1 Å². The van der Waals surface area contributed by atoms with Gasteiger partial charge in [0.15, 0.2) is 0 Å². The Kier molecular flexibility index (Phi) is 5.98. The number of hydrazine groups is 1. The Labute approximate surface area is 220 Å². The van der Waals surface area contributed by atoms with E-state index in [1.165, 1.54) is 5.01 Å². The van der Waals surface area contributed by atoms with E-state index in [2.05, 4.69) is 35.5 Å². The second-order valence-electron chi connectivity index (χ2n) is 9.07. The standard InChI is InChI=1S/C32H25N3O3/c1-2-19-38-24-17-15-21(16-18-24)31(36)34-35-30(33-28-14-8-7-13-27(28)32(35)37)29-25-11-5-3-9-22(25)20-23-10-4-6-12-26(23)29/h2-18,20,30,33H,1,19H2,(H,34,36)/t30-/m1/s1. The molecule has 0 saturated carbocycles. The third-order valence-electron chi connectivity index (χ3n) is 6.72. The number of nitrogens with one attached hydrogen (secondary N) is 2. The summed E-state index contributed by atoms with van der Waals surface area (Å²) in [4.78, 5) is 27.3. The maximum absolute atomic E-state index is 13.9. The Morgan fingerprint density at radius 3 is 2.21 bits per heavy atom. The molecular weight excluding hydrogens is 474 g/mol. The summed E-state index contributed by atoms with van der Waals surface area (Å²) in [5.41, 5.74) is 5.41. The van der Waals surface area contributed by atoms with Crippen molar-refractivity contribution in [2.24, 2.45) is 0 Å². The van der Waals surface area contributed by atoms with Crippen molar-refractivity contribution in [1.82, 2.24) is 10.4 Å². The number of fused-ring (bicyclic) bond motifs is 3. The van der Waals surface area contributed by atoms with Gasteiger partial charge in [-0.2, -0.15) is 0 Å². The third-order valence-corrected chi connectivity index (χ3v) is 6.72. The van der Waals surface area contributed by atoms with Crippen molar-refractivity contribution in [2.75, 3.05) is 11.9 Å². The molecule has 2 N–H and O–H groups in total. The van der Waals surface area contributed by atoms with E-state index in [0.29, 0.717) is 29.2 Å². The van der Waals surface area contributed by atoms with Crippen molar-refractivity contribution in [2.45, 2.75) is 6.17 Å². The van der Waals surface area contributed by atoms with E-state index in [1.807, 2.05) is 54.6 Å². The number of para-hydroxylation sites is 1. The van der Waals surface area contributed by atoms with Crippen LogP contribution < -0.4 is 15.5 Å². The number of nitrogens with zero attached hydrogens (tertiary/aromatic N) is 1. The van der Waals surface area contributed by atoms with Gasteiger partial charge in [-0.15, -0.1) is 0 Å². The largest absolute Gasteiger partial charge is 0.490 e. The minimum Gasteiger partial charge on any atom is -0.490 e. The Morgan fingerprint density at radius 1 is 0.895 bits per heavy atom. The minimum atomic E-state index is -0.646. The van der Waals surface area contributed by atoms with E-state index in [0.717, 1.165) is 27.1 Å². The monoisotopic (exact) mass is 499 g/mol. The molecule has 2 amide bonds.